The molecule has 0 bridgehead atoms. The number of carbonyl (C=O) groups excluding carboxylic acids is 2. The Morgan fingerprint density at radius 2 is 2.08 bits per heavy atom. The quantitative estimate of drug-likeness (QED) is 0.925. The number of anilines is 1. The molecule has 1 atom stereocenters. The van der Waals surface area contributed by atoms with Crippen molar-refractivity contribution in [2.24, 2.45) is 0 Å². The summed E-state index contributed by atoms with van der Waals surface area (Å²) in [5.41, 5.74) is 2.44. The van der Waals surface area contributed by atoms with Crippen LogP contribution in [-0.2, 0) is 11.3 Å². The van der Waals surface area contributed by atoms with E-state index in [0.29, 0.717) is 17.9 Å². The summed E-state index contributed by atoms with van der Waals surface area (Å²) in [6.45, 7) is 1.13. The Kier molecular flexibility index (Phi) is 4.81. The van der Waals surface area contributed by atoms with E-state index in [2.05, 4.69) is 15.2 Å². The molecule has 130 valence electrons. The van der Waals surface area contributed by atoms with Gasteiger partial charge in [0.2, 0.25) is 5.91 Å². The summed E-state index contributed by atoms with van der Waals surface area (Å²) in [5, 5.41) is 2.90. The van der Waals surface area contributed by atoms with E-state index in [1.54, 1.807) is 24.2 Å². The first kappa shape index (κ1) is 17.1. The van der Waals surface area contributed by atoms with Gasteiger partial charge >= 0.3 is 0 Å². The van der Waals surface area contributed by atoms with Crippen molar-refractivity contribution in [3.05, 3.63) is 59.3 Å². The van der Waals surface area contributed by atoms with Crippen LogP contribution in [0.15, 0.2) is 42.6 Å². The van der Waals surface area contributed by atoms with E-state index in [9.17, 15) is 9.59 Å². The zero-order valence-corrected chi connectivity index (χ0v) is 14.7. The highest BCUT2D eigenvalue weighted by molar-refractivity contribution is 6.03. The zero-order chi connectivity index (χ0) is 18.0. The van der Waals surface area contributed by atoms with Gasteiger partial charge in [0.15, 0.2) is 0 Å². The number of rotatable bonds is 4. The third-order valence-corrected chi connectivity index (χ3v) is 4.26. The molecule has 0 saturated heterocycles. The van der Waals surface area contributed by atoms with E-state index in [0.717, 1.165) is 17.7 Å². The summed E-state index contributed by atoms with van der Waals surface area (Å²) in [7, 11) is 5.70. The number of benzene rings is 1. The maximum absolute atomic E-state index is 12.8. The molecule has 2 amide bonds. The number of pyridine rings is 1. The number of hydrogen-bond acceptors (Lipinski definition) is 4. The van der Waals surface area contributed by atoms with Crippen LogP contribution >= 0.6 is 0 Å². The van der Waals surface area contributed by atoms with Gasteiger partial charge in [0.25, 0.3) is 5.91 Å². The first-order chi connectivity index (χ1) is 12.0. The highest BCUT2D eigenvalue weighted by atomic mass is 16.2. The minimum absolute atomic E-state index is 0.0502. The topological polar surface area (TPSA) is 65.5 Å². The summed E-state index contributed by atoms with van der Waals surface area (Å²) in [6.07, 6.45) is 1.69. The Hall–Kier alpha value is -2.73. The van der Waals surface area contributed by atoms with Crippen molar-refractivity contribution in [2.75, 3.05) is 33.0 Å². The Bertz CT molecular complexity index is 804. The second-order valence-corrected chi connectivity index (χ2v) is 6.60. The molecule has 1 aliphatic rings. The molecule has 1 N–H and O–H groups in total. The van der Waals surface area contributed by atoms with Crippen molar-refractivity contribution < 1.29 is 9.59 Å². The molecule has 3 rings (SSSR count). The fraction of sp³-hybridized carbons (Fsp3) is 0.316. The fourth-order valence-electron chi connectivity index (χ4n) is 3.10. The minimum Gasteiger partial charge on any atom is -0.341 e. The number of nitrogens with one attached hydrogen (secondary N) is 1. The van der Waals surface area contributed by atoms with Crippen LogP contribution in [0.2, 0.25) is 0 Å². The number of likely N-dealkylation sites (N-methyl/N-ethyl adjacent to an activating group) is 1. The SMILES string of the molecule is CN(C)Cc1ccnc(NC(=O)C2CN(C)C(=O)c3ccccc32)c1. The van der Waals surface area contributed by atoms with Crippen molar-refractivity contribution in [1.29, 1.82) is 0 Å². The number of amides is 2. The second-order valence-electron chi connectivity index (χ2n) is 6.60. The molecule has 1 aromatic carbocycles. The summed E-state index contributed by atoms with van der Waals surface area (Å²) in [5.74, 6) is -0.0772. The zero-order valence-electron chi connectivity index (χ0n) is 14.7. The van der Waals surface area contributed by atoms with Crippen LogP contribution < -0.4 is 5.32 Å². The van der Waals surface area contributed by atoms with Crippen molar-refractivity contribution in [1.82, 2.24) is 14.8 Å². The highest BCUT2D eigenvalue weighted by Crippen LogP contribution is 2.28. The number of aromatic nitrogens is 1. The van der Waals surface area contributed by atoms with Gasteiger partial charge in [0, 0.05) is 31.9 Å². The third-order valence-electron chi connectivity index (χ3n) is 4.26. The number of nitrogens with zero attached hydrogens (tertiary/aromatic N) is 3. The average Bonchev–Trinajstić information content (AvgIpc) is 2.58. The summed E-state index contributed by atoms with van der Waals surface area (Å²) in [6, 6.07) is 11.1. The Morgan fingerprint density at radius 1 is 1.32 bits per heavy atom. The summed E-state index contributed by atoms with van der Waals surface area (Å²) < 4.78 is 0. The lowest BCUT2D eigenvalue weighted by Gasteiger charge is -2.31. The molecular weight excluding hydrogens is 316 g/mol. The van der Waals surface area contributed by atoms with Crippen molar-refractivity contribution in [3.8, 4) is 0 Å². The first-order valence-electron chi connectivity index (χ1n) is 8.20. The lowest BCUT2D eigenvalue weighted by Crippen LogP contribution is -2.41. The molecule has 2 aromatic rings. The lowest BCUT2D eigenvalue weighted by molar-refractivity contribution is -0.118. The van der Waals surface area contributed by atoms with E-state index >= 15 is 0 Å². The van der Waals surface area contributed by atoms with Crippen LogP contribution in [0, 0.1) is 0 Å². The van der Waals surface area contributed by atoms with E-state index in [1.165, 1.54) is 0 Å². The Labute approximate surface area is 147 Å². The molecule has 1 aliphatic heterocycles. The minimum atomic E-state index is -0.404. The van der Waals surface area contributed by atoms with Gasteiger partial charge in [-0.2, -0.15) is 0 Å². The molecule has 6 heteroatoms. The van der Waals surface area contributed by atoms with Crippen molar-refractivity contribution >= 4 is 17.6 Å². The van der Waals surface area contributed by atoms with Crippen LogP contribution in [-0.4, -0.2) is 54.3 Å². The molecule has 2 heterocycles. The standard InChI is InChI=1S/C19H22N4O2/c1-22(2)11-13-8-9-20-17(10-13)21-18(24)16-12-23(3)19(25)15-7-5-4-6-14(15)16/h4-10,16H,11-12H2,1-3H3,(H,20,21,24). The smallest absolute Gasteiger partial charge is 0.253 e. The van der Waals surface area contributed by atoms with Crippen molar-refractivity contribution in [3.63, 3.8) is 0 Å². The van der Waals surface area contributed by atoms with Crippen LogP contribution in [0.3, 0.4) is 0 Å². The number of carbonyl (C=O) groups is 2. The van der Waals surface area contributed by atoms with Gasteiger partial charge in [-0.1, -0.05) is 18.2 Å². The normalized spacial score (nSPS) is 16.7. The van der Waals surface area contributed by atoms with Gasteiger partial charge in [0.1, 0.15) is 5.82 Å². The molecule has 6 nitrogen and oxygen atoms in total. The van der Waals surface area contributed by atoms with Gasteiger partial charge < -0.3 is 15.1 Å². The van der Waals surface area contributed by atoms with Gasteiger partial charge in [-0.15, -0.1) is 0 Å². The molecule has 0 spiro atoms. The fourth-order valence-corrected chi connectivity index (χ4v) is 3.10. The van der Waals surface area contributed by atoms with Crippen LogP contribution in [0.4, 0.5) is 5.82 Å². The summed E-state index contributed by atoms with van der Waals surface area (Å²) >= 11 is 0. The largest absolute Gasteiger partial charge is 0.341 e. The monoisotopic (exact) mass is 338 g/mol. The van der Waals surface area contributed by atoms with Gasteiger partial charge in [-0.05, 0) is 43.4 Å². The van der Waals surface area contributed by atoms with E-state index < -0.39 is 5.92 Å². The van der Waals surface area contributed by atoms with Crippen LogP contribution in [0.25, 0.3) is 0 Å². The lowest BCUT2D eigenvalue weighted by atomic mass is 9.89. The van der Waals surface area contributed by atoms with Crippen molar-refractivity contribution in [2.45, 2.75) is 12.5 Å². The number of hydrogen-bond donors (Lipinski definition) is 1. The van der Waals surface area contributed by atoms with Crippen LogP contribution in [0.1, 0.15) is 27.4 Å². The van der Waals surface area contributed by atoms with E-state index in [1.807, 2.05) is 44.4 Å². The molecule has 0 saturated carbocycles. The van der Waals surface area contributed by atoms with Gasteiger partial charge in [-0.3, -0.25) is 9.59 Å². The van der Waals surface area contributed by atoms with Crippen LogP contribution in [0.5, 0.6) is 0 Å². The predicted molar refractivity (Wildman–Crippen MR) is 96.4 cm³/mol. The molecular formula is C19H22N4O2. The summed E-state index contributed by atoms with van der Waals surface area (Å²) in [4.78, 5) is 33.0. The molecule has 0 aliphatic carbocycles. The van der Waals surface area contributed by atoms with E-state index in [4.69, 9.17) is 0 Å². The molecule has 1 unspecified atom stereocenters. The molecule has 1 aromatic heterocycles. The maximum atomic E-state index is 12.8. The van der Waals surface area contributed by atoms with Gasteiger partial charge in [-0.25, -0.2) is 4.98 Å². The molecule has 25 heavy (non-hydrogen) atoms. The Balaban J connectivity index is 1.82. The number of fused-ring (bicyclic) bond motifs is 1. The second kappa shape index (κ2) is 7.03. The van der Waals surface area contributed by atoms with E-state index in [-0.39, 0.29) is 11.8 Å². The third kappa shape index (κ3) is 3.69. The highest BCUT2D eigenvalue weighted by Gasteiger charge is 2.33. The van der Waals surface area contributed by atoms with Gasteiger partial charge in [0.05, 0.1) is 5.92 Å². The maximum Gasteiger partial charge on any atom is 0.253 e. The average molecular weight is 338 g/mol. The predicted octanol–water partition coefficient (Wildman–Crippen LogP) is 1.95. The first-order valence-corrected chi connectivity index (χ1v) is 8.20. The Morgan fingerprint density at radius 3 is 2.84 bits per heavy atom. The molecule has 0 fully saturated rings. The molecule has 0 radical (unpaired) electrons.